The van der Waals surface area contributed by atoms with Crippen LogP contribution in [0, 0.1) is 0 Å². The molecule has 0 saturated carbocycles. The molecule has 3 nitrogen and oxygen atoms in total. The molecule has 0 aliphatic carbocycles. The van der Waals surface area contributed by atoms with Crippen LogP contribution >= 0.6 is 0 Å². The summed E-state index contributed by atoms with van der Waals surface area (Å²) < 4.78 is 0. The summed E-state index contributed by atoms with van der Waals surface area (Å²) in [6.07, 6.45) is 0. The van der Waals surface area contributed by atoms with Gasteiger partial charge >= 0.3 is 0 Å². The molecule has 1 aliphatic heterocycles. The van der Waals surface area contributed by atoms with Gasteiger partial charge in [0.1, 0.15) is 5.84 Å². The number of rotatable bonds is 1. The van der Waals surface area contributed by atoms with Gasteiger partial charge in [-0.3, -0.25) is 4.99 Å². The summed E-state index contributed by atoms with van der Waals surface area (Å²) >= 11 is 0. The highest BCUT2D eigenvalue weighted by atomic mass is 15.1. The zero-order valence-corrected chi connectivity index (χ0v) is 5.78. The Morgan fingerprint density at radius 3 is 3.22 bits per heavy atom. The average molecular weight is 127 g/mol. The lowest BCUT2D eigenvalue weighted by molar-refractivity contribution is 0.712. The quantitative estimate of drug-likeness (QED) is 0.502. The number of nitrogens with one attached hydrogen (secondary N) is 2. The normalized spacial score (nSPS) is 19.0. The smallest absolute Gasteiger partial charge is 0.110 e. The summed E-state index contributed by atoms with van der Waals surface area (Å²) in [6, 6.07) is 0. The van der Waals surface area contributed by atoms with Crippen LogP contribution < -0.4 is 10.6 Å². The van der Waals surface area contributed by atoms with Gasteiger partial charge < -0.3 is 10.6 Å². The minimum Gasteiger partial charge on any atom is -0.373 e. The molecule has 3 heteroatoms. The van der Waals surface area contributed by atoms with Gasteiger partial charge in [0.15, 0.2) is 0 Å². The fourth-order valence-corrected chi connectivity index (χ4v) is 0.855. The van der Waals surface area contributed by atoms with E-state index in [-0.39, 0.29) is 0 Å². The van der Waals surface area contributed by atoms with Crippen LogP contribution in [0.4, 0.5) is 0 Å². The molecule has 0 saturated heterocycles. The molecule has 0 fully saturated rings. The van der Waals surface area contributed by atoms with E-state index in [1.165, 1.54) is 0 Å². The third-order valence-electron chi connectivity index (χ3n) is 1.26. The van der Waals surface area contributed by atoms with Crippen molar-refractivity contribution in [2.45, 2.75) is 6.92 Å². The summed E-state index contributed by atoms with van der Waals surface area (Å²) in [5, 5.41) is 6.40. The maximum atomic E-state index is 4.26. The number of nitrogens with zero attached hydrogens (tertiary/aromatic N) is 1. The van der Waals surface area contributed by atoms with Crippen molar-refractivity contribution >= 4 is 5.84 Å². The summed E-state index contributed by atoms with van der Waals surface area (Å²) in [7, 11) is 0. The Hall–Kier alpha value is -0.570. The van der Waals surface area contributed by atoms with Crippen molar-refractivity contribution in [3.8, 4) is 0 Å². The van der Waals surface area contributed by atoms with Crippen molar-refractivity contribution in [2.75, 3.05) is 26.2 Å². The van der Waals surface area contributed by atoms with Gasteiger partial charge in [0.2, 0.25) is 0 Å². The molecular formula is C6H13N3. The molecule has 52 valence electrons. The van der Waals surface area contributed by atoms with Crippen molar-refractivity contribution in [1.29, 1.82) is 0 Å². The minimum absolute atomic E-state index is 0.911. The number of hydrogen-bond donors (Lipinski definition) is 2. The monoisotopic (exact) mass is 127 g/mol. The summed E-state index contributed by atoms with van der Waals surface area (Å²) in [6.45, 7) is 5.91. The number of hydrogen-bond acceptors (Lipinski definition) is 3. The summed E-state index contributed by atoms with van der Waals surface area (Å²) in [4.78, 5) is 4.26. The lowest BCUT2D eigenvalue weighted by Crippen LogP contribution is -2.39. The largest absolute Gasteiger partial charge is 0.373 e. The molecule has 0 atom stereocenters. The van der Waals surface area contributed by atoms with Gasteiger partial charge in [-0.15, -0.1) is 0 Å². The molecule has 9 heavy (non-hydrogen) atoms. The van der Waals surface area contributed by atoms with Crippen LogP contribution in [0.25, 0.3) is 0 Å². The summed E-state index contributed by atoms with van der Waals surface area (Å²) in [5.41, 5.74) is 0. The third kappa shape index (κ3) is 2.01. The van der Waals surface area contributed by atoms with E-state index in [0.717, 1.165) is 32.0 Å². The van der Waals surface area contributed by atoms with Gasteiger partial charge in [-0.1, -0.05) is 0 Å². The van der Waals surface area contributed by atoms with Gasteiger partial charge in [-0.25, -0.2) is 0 Å². The third-order valence-corrected chi connectivity index (χ3v) is 1.26. The Morgan fingerprint density at radius 2 is 2.67 bits per heavy atom. The lowest BCUT2D eigenvalue weighted by atomic mass is 10.4. The predicted octanol–water partition coefficient (Wildman–Crippen LogP) is -0.402. The van der Waals surface area contributed by atoms with Crippen molar-refractivity contribution in [3.05, 3.63) is 0 Å². The van der Waals surface area contributed by atoms with Gasteiger partial charge in [0.05, 0.1) is 13.1 Å². The summed E-state index contributed by atoms with van der Waals surface area (Å²) in [5.74, 6) is 1.10. The van der Waals surface area contributed by atoms with E-state index in [9.17, 15) is 0 Å². The second kappa shape index (κ2) is 3.45. The fourth-order valence-electron chi connectivity index (χ4n) is 0.855. The molecule has 0 aromatic heterocycles. The van der Waals surface area contributed by atoms with E-state index in [1.807, 2.05) is 0 Å². The lowest BCUT2D eigenvalue weighted by Gasteiger charge is -2.13. The standard InChI is InChI=1S/C6H13N3/c1-2-8-6-5-7-3-4-9-6/h7H,2-5H2,1H3,(H,8,9). The fraction of sp³-hybridized carbons (Fsp3) is 0.833. The van der Waals surface area contributed by atoms with Crippen molar-refractivity contribution in [3.63, 3.8) is 0 Å². The molecule has 0 aromatic carbocycles. The van der Waals surface area contributed by atoms with Crippen molar-refractivity contribution in [2.24, 2.45) is 4.99 Å². The van der Waals surface area contributed by atoms with Gasteiger partial charge in [0, 0.05) is 13.1 Å². The van der Waals surface area contributed by atoms with Crippen molar-refractivity contribution in [1.82, 2.24) is 10.6 Å². The Bertz CT molecular complexity index is 109. The Kier molecular flexibility index (Phi) is 2.51. The molecule has 0 amide bonds. The minimum atomic E-state index is 0.911. The molecule has 0 spiro atoms. The highest BCUT2D eigenvalue weighted by molar-refractivity contribution is 5.84. The van der Waals surface area contributed by atoms with Gasteiger partial charge in [-0.2, -0.15) is 0 Å². The Labute approximate surface area is 55.6 Å². The molecule has 1 heterocycles. The molecule has 1 aliphatic rings. The van der Waals surface area contributed by atoms with E-state index in [4.69, 9.17) is 0 Å². The number of likely N-dealkylation sites (N-methyl/N-ethyl adjacent to an activating group) is 1. The van der Waals surface area contributed by atoms with Gasteiger partial charge in [-0.05, 0) is 6.92 Å². The number of amidine groups is 1. The van der Waals surface area contributed by atoms with E-state index >= 15 is 0 Å². The van der Waals surface area contributed by atoms with E-state index < -0.39 is 0 Å². The van der Waals surface area contributed by atoms with Gasteiger partial charge in [0.25, 0.3) is 0 Å². The zero-order valence-electron chi connectivity index (χ0n) is 5.78. The zero-order chi connectivity index (χ0) is 6.53. The predicted molar refractivity (Wildman–Crippen MR) is 38.8 cm³/mol. The van der Waals surface area contributed by atoms with Crippen LogP contribution in [0.2, 0.25) is 0 Å². The molecule has 0 radical (unpaired) electrons. The Balaban J connectivity index is 2.28. The second-order valence-electron chi connectivity index (χ2n) is 2.04. The topological polar surface area (TPSA) is 36.4 Å². The van der Waals surface area contributed by atoms with Crippen LogP contribution in [-0.2, 0) is 0 Å². The van der Waals surface area contributed by atoms with E-state index in [1.54, 1.807) is 0 Å². The maximum absolute atomic E-state index is 4.26. The first-order valence-corrected chi connectivity index (χ1v) is 3.41. The molecule has 0 bridgehead atoms. The first-order valence-electron chi connectivity index (χ1n) is 3.41. The molecule has 0 unspecified atom stereocenters. The first-order chi connectivity index (χ1) is 4.43. The highest BCUT2D eigenvalue weighted by Crippen LogP contribution is 1.80. The van der Waals surface area contributed by atoms with Crippen LogP contribution in [0.1, 0.15) is 6.92 Å². The average Bonchev–Trinajstić information content (AvgIpc) is 1.91. The van der Waals surface area contributed by atoms with E-state index in [2.05, 4.69) is 22.5 Å². The molecule has 2 N–H and O–H groups in total. The molecule has 1 rings (SSSR count). The van der Waals surface area contributed by atoms with Crippen LogP contribution in [0.5, 0.6) is 0 Å². The molecule has 0 aromatic rings. The maximum Gasteiger partial charge on any atom is 0.110 e. The van der Waals surface area contributed by atoms with Crippen LogP contribution in [-0.4, -0.2) is 32.0 Å². The highest BCUT2D eigenvalue weighted by Gasteiger charge is 1.99. The van der Waals surface area contributed by atoms with Crippen LogP contribution in [0.15, 0.2) is 4.99 Å². The first kappa shape index (κ1) is 6.55. The van der Waals surface area contributed by atoms with E-state index in [0.29, 0.717) is 0 Å². The van der Waals surface area contributed by atoms with Crippen LogP contribution in [0.3, 0.4) is 0 Å². The Morgan fingerprint density at radius 1 is 1.78 bits per heavy atom. The second-order valence-corrected chi connectivity index (χ2v) is 2.04. The number of aliphatic imine (C=N–C) groups is 1. The molecular weight excluding hydrogens is 114 g/mol. The SMILES string of the molecule is CCNC1=NCCNC1. The van der Waals surface area contributed by atoms with Crippen molar-refractivity contribution < 1.29 is 0 Å².